The molecule has 0 saturated heterocycles. The van der Waals surface area contributed by atoms with Crippen LogP contribution in [0.15, 0.2) is 34.8 Å². The number of hydrogen-bond donors (Lipinski definition) is 0. The molecule has 1 aromatic carbocycles. The third-order valence-electron chi connectivity index (χ3n) is 6.22. The average Bonchev–Trinajstić information content (AvgIpc) is 3.50. The Hall–Kier alpha value is -3.43. The molecule has 1 aliphatic heterocycles. The zero-order valence-electron chi connectivity index (χ0n) is 20.2. The highest BCUT2D eigenvalue weighted by atomic mass is 32.1. The van der Waals surface area contributed by atoms with Crippen LogP contribution in [0.2, 0.25) is 0 Å². The molecule has 7 nitrogen and oxygen atoms in total. The van der Waals surface area contributed by atoms with E-state index in [0.717, 1.165) is 43.8 Å². The number of esters is 1. The molecule has 0 aliphatic carbocycles. The number of nitrogens with zero attached hydrogens (tertiary/aromatic N) is 5. The van der Waals surface area contributed by atoms with Gasteiger partial charge in [-0.2, -0.15) is 0 Å². The van der Waals surface area contributed by atoms with E-state index in [9.17, 15) is 4.79 Å². The third-order valence-corrected chi connectivity index (χ3v) is 8.31. The summed E-state index contributed by atoms with van der Waals surface area (Å²) >= 11 is 3.33. The Morgan fingerprint density at radius 3 is 2.57 bits per heavy atom. The van der Waals surface area contributed by atoms with Crippen molar-refractivity contribution in [3.05, 3.63) is 79.1 Å². The zero-order chi connectivity index (χ0) is 24.7. The van der Waals surface area contributed by atoms with Crippen LogP contribution in [-0.4, -0.2) is 38.5 Å². The molecule has 0 bridgehead atoms. The predicted molar refractivity (Wildman–Crippen MR) is 141 cm³/mol. The van der Waals surface area contributed by atoms with E-state index in [1.165, 1.54) is 17.6 Å². The molecule has 0 amide bonds. The van der Waals surface area contributed by atoms with Crippen molar-refractivity contribution in [3.8, 4) is 5.00 Å². The molecule has 0 radical (unpaired) electrons. The van der Waals surface area contributed by atoms with Crippen LogP contribution in [0, 0.1) is 27.7 Å². The van der Waals surface area contributed by atoms with E-state index in [1.807, 2.05) is 23.9 Å². The van der Waals surface area contributed by atoms with Gasteiger partial charge in [0.1, 0.15) is 16.9 Å². The standard InChI is InChI=1S/C26H25N5O2S2/c1-14-16(3)35-26-23(14)24(28-20(12-22(32)33-5)25-30-29-17(4)31(25)26)19-9-6-18(7-10-19)8-11-21-15(2)27-13-34-21/h6-11,13,20H,12H2,1-5H3/t20-/m0/s1. The van der Waals surface area contributed by atoms with E-state index >= 15 is 0 Å². The second-order valence-electron chi connectivity index (χ2n) is 8.44. The van der Waals surface area contributed by atoms with Crippen LogP contribution in [0.4, 0.5) is 0 Å². The van der Waals surface area contributed by atoms with Gasteiger partial charge in [0.25, 0.3) is 0 Å². The highest BCUT2D eigenvalue weighted by Crippen LogP contribution is 2.39. The first kappa shape index (κ1) is 23.3. The van der Waals surface area contributed by atoms with E-state index < -0.39 is 6.04 Å². The third kappa shape index (κ3) is 4.26. The summed E-state index contributed by atoms with van der Waals surface area (Å²) in [6.45, 7) is 8.18. The topological polar surface area (TPSA) is 82.3 Å². The number of benzene rings is 1. The van der Waals surface area contributed by atoms with E-state index in [0.29, 0.717) is 5.82 Å². The molecular formula is C26H25N5O2S2. The summed E-state index contributed by atoms with van der Waals surface area (Å²) in [7, 11) is 1.39. The highest BCUT2D eigenvalue weighted by Gasteiger charge is 2.32. The second kappa shape index (κ2) is 9.31. The van der Waals surface area contributed by atoms with Crippen molar-refractivity contribution in [2.45, 2.75) is 40.2 Å². The first-order valence-corrected chi connectivity index (χ1v) is 12.9. The van der Waals surface area contributed by atoms with Crippen LogP contribution >= 0.6 is 22.7 Å². The second-order valence-corrected chi connectivity index (χ2v) is 10.5. The lowest BCUT2D eigenvalue weighted by atomic mass is 9.98. The van der Waals surface area contributed by atoms with Crippen LogP contribution in [0.3, 0.4) is 0 Å². The zero-order valence-corrected chi connectivity index (χ0v) is 21.8. The molecule has 4 aromatic rings. The maximum atomic E-state index is 12.3. The maximum Gasteiger partial charge on any atom is 0.308 e. The van der Waals surface area contributed by atoms with Gasteiger partial charge in [0.05, 0.1) is 30.4 Å². The Bertz CT molecular complexity index is 1470. The molecule has 3 aromatic heterocycles. The van der Waals surface area contributed by atoms with Gasteiger partial charge < -0.3 is 4.74 Å². The molecule has 1 aliphatic rings. The Kier molecular flexibility index (Phi) is 6.21. The van der Waals surface area contributed by atoms with Gasteiger partial charge in [-0.05, 0) is 44.9 Å². The molecular weight excluding hydrogens is 478 g/mol. The number of ether oxygens (including phenoxy) is 1. The first-order valence-electron chi connectivity index (χ1n) is 11.2. The van der Waals surface area contributed by atoms with Gasteiger partial charge in [-0.15, -0.1) is 32.9 Å². The average molecular weight is 504 g/mol. The van der Waals surface area contributed by atoms with Gasteiger partial charge in [-0.25, -0.2) is 4.98 Å². The van der Waals surface area contributed by atoms with Crippen molar-refractivity contribution in [2.75, 3.05) is 7.11 Å². The minimum atomic E-state index is -0.494. The van der Waals surface area contributed by atoms with Gasteiger partial charge in [-0.3, -0.25) is 14.4 Å². The number of carbonyl (C=O) groups excluding carboxylic acids is 1. The van der Waals surface area contributed by atoms with Gasteiger partial charge in [0, 0.05) is 20.9 Å². The number of thiophene rings is 1. The van der Waals surface area contributed by atoms with Gasteiger partial charge >= 0.3 is 5.97 Å². The summed E-state index contributed by atoms with van der Waals surface area (Å²) in [4.78, 5) is 24.0. The van der Waals surface area contributed by atoms with Gasteiger partial charge in [0.15, 0.2) is 5.82 Å². The van der Waals surface area contributed by atoms with Crippen molar-refractivity contribution in [1.82, 2.24) is 19.7 Å². The monoisotopic (exact) mass is 503 g/mol. The fourth-order valence-electron chi connectivity index (χ4n) is 4.16. The van der Waals surface area contributed by atoms with Crippen molar-refractivity contribution in [3.63, 3.8) is 0 Å². The van der Waals surface area contributed by atoms with Crippen molar-refractivity contribution in [2.24, 2.45) is 4.99 Å². The fourth-order valence-corrected chi connectivity index (χ4v) is 6.07. The number of hydrogen-bond acceptors (Lipinski definition) is 8. The minimum absolute atomic E-state index is 0.0973. The van der Waals surface area contributed by atoms with Crippen molar-refractivity contribution >= 4 is 46.5 Å². The van der Waals surface area contributed by atoms with E-state index in [4.69, 9.17) is 9.73 Å². The number of thiazole rings is 1. The molecule has 0 fully saturated rings. The van der Waals surface area contributed by atoms with Crippen LogP contribution in [0.1, 0.15) is 61.8 Å². The number of rotatable bonds is 5. The van der Waals surface area contributed by atoms with Crippen molar-refractivity contribution < 1.29 is 9.53 Å². The molecule has 4 heterocycles. The Balaban J connectivity index is 1.61. The predicted octanol–water partition coefficient (Wildman–Crippen LogP) is 5.64. The van der Waals surface area contributed by atoms with E-state index in [2.05, 4.69) is 65.4 Å². The van der Waals surface area contributed by atoms with Crippen molar-refractivity contribution in [1.29, 1.82) is 0 Å². The molecule has 0 spiro atoms. The van der Waals surface area contributed by atoms with Crippen LogP contribution in [0.25, 0.3) is 17.2 Å². The molecule has 0 unspecified atom stereocenters. The highest BCUT2D eigenvalue weighted by molar-refractivity contribution is 7.15. The SMILES string of the molecule is COC(=O)C[C@@H]1N=C(c2ccc(C=Cc3scnc3C)cc2)c2c(sc(C)c2C)-n2c(C)nnc21. The summed E-state index contributed by atoms with van der Waals surface area (Å²) < 4.78 is 7.01. The first-order chi connectivity index (χ1) is 16.9. The fraction of sp³-hybridized carbons (Fsp3) is 0.269. The lowest BCUT2D eigenvalue weighted by molar-refractivity contribution is -0.141. The number of aromatic nitrogens is 4. The number of aryl methyl sites for hydroxylation is 3. The molecule has 5 rings (SSSR count). The summed E-state index contributed by atoms with van der Waals surface area (Å²) in [5, 5.41) is 9.75. The molecule has 0 saturated carbocycles. The molecule has 9 heteroatoms. The van der Waals surface area contributed by atoms with Gasteiger partial charge in [0.2, 0.25) is 0 Å². The number of aliphatic imine (C=N–C) groups is 1. The van der Waals surface area contributed by atoms with Gasteiger partial charge in [-0.1, -0.05) is 30.3 Å². The molecule has 178 valence electrons. The van der Waals surface area contributed by atoms with E-state index in [-0.39, 0.29) is 12.4 Å². The molecule has 0 N–H and O–H groups in total. The summed E-state index contributed by atoms with van der Waals surface area (Å²) in [6, 6.07) is 7.85. The maximum absolute atomic E-state index is 12.3. The number of carbonyl (C=O) groups is 1. The Morgan fingerprint density at radius 2 is 1.89 bits per heavy atom. The lowest BCUT2D eigenvalue weighted by Crippen LogP contribution is -2.12. The lowest BCUT2D eigenvalue weighted by Gasteiger charge is -2.11. The molecule has 1 atom stereocenters. The molecule has 35 heavy (non-hydrogen) atoms. The summed E-state index contributed by atoms with van der Waals surface area (Å²) in [5.74, 6) is 1.10. The van der Waals surface area contributed by atoms with Crippen LogP contribution in [0.5, 0.6) is 0 Å². The van der Waals surface area contributed by atoms with E-state index in [1.54, 1.807) is 22.7 Å². The summed E-state index contributed by atoms with van der Waals surface area (Å²) in [6.07, 6.45) is 4.28. The Morgan fingerprint density at radius 1 is 1.11 bits per heavy atom. The van der Waals surface area contributed by atoms with Crippen LogP contribution in [-0.2, 0) is 9.53 Å². The quantitative estimate of drug-likeness (QED) is 0.329. The minimum Gasteiger partial charge on any atom is -0.469 e. The number of fused-ring (bicyclic) bond motifs is 3. The normalized spacial score (nSPS) is 15.0. The smallest absolute Gasteiger partial charge is 0.308 e. The Labute approximate surface area is 211 Å². The van der Waals surface area contributed by atoms with Crippen LogP contribution < -0.4 is 0 Å². The number of methoxy groups -OCH3 is 1. The summed E-state index contributed by atoms with van der Waals surface area (Å²) in [5.41, 5.74) is 8.06. The largest absolute Gasteiger partial charge is 0.469 e.